The number of benzene rings is 2. The zero-order valence-electron chi connectivity index (χ0n) is 15.5. The van der Waals surface area contributed by atoms with Crippen molar-refractivity contribution in [2.45, 2.75) is 30.2 Å². The van der Waals surface area contributed by atoms with Crippen LogP contribution >= 0.6 is 23.4 Å². The van der Waals surface area contributed by atoms with Crippen LogP contribution in [0.2, 0.25) is 5.02 Å². The van der Waals surface area contributed by atoms with Gasteiger partial charge in [-0.15, -0.1) is 11.8 Å². The van der Waals surface area contributed by atoms with E-state index < -0.39 is 0 Å². The van der Waals surface area contributed by atoms with Crippen LogP contribution in [0.3, 0.4) is 0 Å². The van der Waals surface area contributed by atoms with Gasteiger partial charge >= 0.3 is 0 Å². The Hall–Kier alpha value is -2.50. The molecule has 1 heterocycles. The first-order valence-electron chi connectivity index (χ1n) is 8.91. The van der Waals surface area contributed by atoms with Gasteiger partial charge in [-0.2, -0.15) is 0 Å². The number of hydrogen-bond acceptors (Lipinski definition) is 4. The quantitative estimate of drug-likeness (QED) is 0.522. The van der Waals surface area contributed by atoms with Gasteiger partial charge in [-0.3, -0.25) is 9.78 Å². The number of aromatic nitrogens is 1. The van der Waals surface area contributed by atoms with Crippen LogP contribution in [0.4, 0.5) is 0 Å². The maximum atomic E-state index is 12.3. The van der Waals surface area contributed by atoms with E-state index in [9.17, 15) is 4.79 Å². The Morgan fingerprint density at radius 3 is 2.54 bits per heavy atom. The van der Waals surface area contributed by atoms with E-state index in [2.05, 4.69) is 10.3 Å². The van der Waals surface area contributed by atoms with Crippen LogP contribution < -0.4 is 10.1 Å². The highest BCUT2D eigenvalue weighted by molar-refractivity contribution is 8.00. The van der Waals surface area contributed by atoms with E-state index in [1.165, 1.54) is 11.8 Å². The molecule has 0 spiro atoms. The number of ether oxygens (including phenoxy) is 1. The van der Waals surface area contributed by atoms with Crippen molar-refractivity contribution in [1.29, 1.82) is 0 Å². The zero-order chi connectivity index (χ0) is 19.8. The van der Waals surface area contributed by atoms with Gasteiger partial charge < -0.3 is 10.1 Å². The summed E-state index contributed by atoms with van der Waals surface area (Å²) in [6.07, 6.45) is 3.52. The third-order valence-electron chi connectivity index (χ3n) is 4.01. The Labute approximate surface area is 174 Å². The average molecular weight is 413 g/mol. The molecule has 0 bridgehead atoms. The molecule has 3 rings (SSSR count). The lowest BCUT2D eigenvalue weighted by atomic mass is 10.2. The standard InChI is InChI=1S/C22H21ClN2O2S/c1-16(28-21-10-6-19(23)7-11-21)22(26)25-14-17-4-8-20(9-5-17)27-15-18-3-2-12-24-13-18/h2-13,16H,14-15H2,1H3,(H,25,26). The third-order valence-corrected chi connectivity index (χ3v) is 5.38. The molecule has 6 heteroatoms. The van der Waals surface area contributed by atoms with Crippen molar-refractivity contribution in [3.05, 3.63) is 89.2 Å². The first kappa shape index (κ1) is 20.2. The fourth-order valence-electron chi connectivity index (χ4n) is 2.46. The minimum Gasteiger partial charge on any atom is -0.489 e. The molecular weight excluding hydrogens is 392 g/mol. The van der Waals surface area contributed by atoms with E-state index in [0.29, 0.717) is 18.2 Å². The van der Waals surface area contributed by atoms with Gasteiger partial charge in [0.1, 0.15) is 12.4 Å². The van der Waals surface area contributed by atoms with Crippen LogP contribution in [-0.4, -0.2) is 16.1 Å². The molecule has 0 saturated carbocycles. The Balaban J connectivity index is 1.44. The van der Waals surface area contributed by atoms with Crippen molar-refractivity contribution >= 4 is 29.3 Å². The number of rotatable bonds is 8. The van der Waals surface area contributed by atoms with E-state index >= 15 is 0 Å². The van der Waals surface area contributed by atoms with Crippen molar-refractivity contribution in [3.8, 4) is 5.75 Å². The maximum Gasteiger partial charge on any atom is 0.233 e. The van der Waals surface area contributed by atoms with Crippen molar-refractivity contribution in [2.24, 2.45) is 0 Å². The van der Waals surface area contributed by atoms with E-state index in [0.717, 1.165) is 21.8 Å². The molecule has 0 saturated heterocycles. The summed E-state index contributed by atoms with van der Waals surface area (Å²) in [7, 11) is 0. The number of carbonyl (C=O) groups excluding carboxylic acids is 1. The number of hydrogen-bond donors (Lipinski definition) is 1. The number of carbonyl (C=O) groups is 1. The van der Waals surface area contributed by atoms with E-state index in [1.54, 1.807) is 12.4 Å². The second-order valence-corrected chi connectivity index (χ2v) is 8.08. The number of nitrogens with zero attached hydrogens (tertiary/aromatic N) is 1. The van der Waals surface area contributed by atoms with Gasteiger partial charge in [0, 0.05) is 34.4 Å². The van der Waals surface area contributed by atoms with Gasteiger partial charge in [0.25, 0.3) is 0 Å². The molecule has 0 radical (unpaired) electrons. The monoisotopic (exact) mass is 412 g/mol. The van der Waals surface area contributed by atoms with Crippen LogP contribution in [0.15, 0.2) is 78.0 Å². The van der Waals surface area contributed by atoms with Gasteiger partial charge in [-0.25, -0.2) is 0 Å². The number of thioether (sulfide) groups is 1. The second-order valence-electron chi connectivity index (χ2n) is 6.23. The largest absolute Gasteiger partial charge is 0.489 e. The van der Waals surface area contributed by atoms with Crippen LogP contribution in [0.5, 0.6) is 5.75 Å². The molecule has 1 amide bonds. The summed E-state index contributed by atoms with van der Waals surface area (Å²) < 4.78 is 5.75. The van der Waals surface area contributed by atoms with Crippen LogP contribution in [0.25, 0.3) is 0 Å². The average Bonchev–Trinajstić information content (AvgIpc) is 2.73. The van der Waals surface area contributed by atoms with Gasteiger partial charge in [0.05, 0.1) is 5.25 Å². The lowest BCUT2D eigenvalue weighted by molar-refractivity contribution is -0.120. The first-order chi connectivity index (χ1) is 13.6. The predicted octanol–water partition coefficient (Wildman–Crippen LogP) is 5.11. The van der Waals surface area contributed by atoms with Gasteiger partial charge in [-0.05, 0) is 55.0 Å². The summed E-state index contributed by atoms with van der Waals surface area (Å²) in [5.74, 6) is 0.780. The molecule has 4 nitrogen and oxygen atoms in total. The molecule has 0 aliphatic carbocycles. The summed E-state index contributed by atoms with van der Waals surface area (Å²) in [5, 5.41) is 3.47. The van der Waals surface area contributed by atoms with Crippen molar-refractivity contribution in [1.82, 2.24) is 10.3 Å². The maximum absolute atomic E-state index is 12.3. The Bertz CT molecular complexity index is 887. The summed E-state index contributed by atoms with van der Waals surface area (Å²) in [6.45, 7) is 2.85. The molecule has 0 aliphatic rings. The smallest absolute Gasteiger partial charge is 0.233 e. The number of nitrogens with one attached hydrogen (secondary N) is 1. The molecule has 1 atom stereocenters. The van der Waals surface area contributed by atoms with E-state index in [4.69, 9.17) is 16.3 Å². The van der Waals surface area contributed by atoms with E-state index in [-0.39, 0.29) is 11.2 Å². The number of halogens is 1. The number of amides is 1. The highest BCUT2D eigenvalue weighted by Crippen LogP contribution is 2.24. The van der Waals surface area contributed by atoms with Crippen molar-refractivity contribution < 1.29 is 9.53 Å². The molecule has 1 unspecified atom stereocenters. The summed E-state index contributed by atoms with van der Waals surface area (Å²) in [6, 6.07) is 19.1. The minimum atomic E-state index is -0.191. The zero-order valence-corrected chi connectivity index (χ0v) is 17.0. The normalized spacial score (nSPS) is 11.6. The predicted molar refractivity (Wildman–Crippen MR) is 114 cm³/mol. The molecule has 1 N–H and O–H groups in total. The molecule has 2 aromatic carbocycles. The summed E-state index contributed by atoms with van der Waals surface area (Å²) in [5.41, 5.74) is 2.04. The number of pyridine rings is 1. The molecule has 1 aromatic heterocycles. The summed E-state index contributed by atoms with van der Waals surface area (Å²) in [4.78, 5) is 17.4. The van der Waals surface area contributed by atoms with Crippen molar-refractivity contribution in [2.75, 3.05) is 0 Å². The summed E-state index contributed by atoms with van der Waals surface area (Å²) >= 11 is 7.40. The van der Waals surface area contributed by atoms with Crippen LogP contribution in [-0.2, 0) is 17.9 Å². The minimum absolute atomic E-state index is 0.00291. The van der Waals surface area contributed by atoms with Crippen LogP contribution in [0.1, 0.15) is 18.1 Å². The molecule has 0 fully saturated rings. The topological polar surface area (TPSA) is 51.2 Å². The van der Waals surface area contributed by atoms with Gasteiger partial charge in [-0.1, -0.05) is 29.8 Å². The SMILES string of the molecule is CC(Sc1ccc(Cl)cc1)C(=O)NCc1ccc(OCc2cccnc2)cc1. The second kappa shape index (κ2) is 10.2. The molecular formula is C22H21ClN2O2S. The Kier molecular flexibility index (Phi) is 7.34. The molecule has 0 aliphatic heterocycles. The molecule has 28 heavy (non-hydrogen) atoms. The van der Waals surface area contributed by atoms with Gasteiger partial charge in [0.15, 0.2) is 0 Å². The fourth-order valence-corrected chi connectivity index (χ4v) is 3.48. The Morgan fingerprint density at radius 2 is 1.86 bits per heavy atom. The molecule has 3 aromatic rings. The third kappa shape index (κ3) is 6.29. The van der Waals surface area contributed by atoms with E-state index in [1.807, 2.05) is 67.6 Å². The van der Waals surface area contributed by atoms with Crippen LogP contribution in [0, 0.1) is 0 Å². The molecule has 144 valence electrons. The lowest BCUT2D eigenvalue weighted by Gasteiger charge is -2.12. The van der Waals surface area contributed by atoms with Gasteiger partial charge in [0.2, 0.25) is 5.91 Å². The fraction of sp³-hybridized carbons (Fsp3) is 0.182. The highest BCUT2D eigenvalue weighted by Gasteiger charge is 2.14. The Morgan fingerprint density at radius 1 is 1.11 bits per heavy atom. The van der Waals surface area contributed by atoms with Crippen molar-refractivity contribution in [3.63, 3.8) is 0 Å². The highest BCUT2D eigenvalue weighted by atomic mass is 35.5. The first-order valence-corrected chi connectivity index (χ1v) is 10.2. The lowest BCUT2D eigenvalue weighted by Crippen LogP contribution is -2.30.